The summed E-state index contributed by atoms with van der Waals surface area (Å²) < 4.78 is 22.2. The second-order valence-corrected chi connectivity index (χ2v) is 7.45. The molecule has 8 nitrogen and oxygen atoms in total. The Morgan fingerprint density at radius 3 is 2.62 bits per heavy atom. The molecule has 34 heavy (non-hydrogen) atoms. The maximum Gasteiger partial charge on any atom is 0.267 e. The highest BCUT2D eigenvalue weighted by Gasteiger charge is 2.13. The average Bonchev–Trinajstić information content (AvgIpc) is 3.23. The van der Waals surface area contributed by atoms with Crippen LogP contribution in [-0.4, -0.2) is 30.9 Å². The monoisotopic (exact) mass is 461 g/mol. The molecule has 1 heterocycles. The van der Waals surface area contributed by atoms with E-state index in [1.165, 1.54) is 6.08 Å². The number of carbonyl (C=O) groups is 1. The van der Waals surface area contributed by atoms with Crippen molar-refractivity contribution in [2.45, 2.75) is 27.2 Å². The van der Waals surface area contributed by atoms with E-state index < -0.39 is 5.91 Å². The number of rotatable bonds is 11. The quantitative estimate of drug-likeness (QED) is 0.241. The van der Waals surface area contributed by atoms with Crippen molar-refractivity contribution in [1.82, 2.24) is 5.16 Å². The van der Waals surface area contributed by atoms with Crippen molar-refractivity contribution in [3.63, 3.8) is 0 Å². The maximum absolute atomic E-state index is 12.4. The molecule has 176 valence electrons. The van der Waals surface area contributed by atoms with Crippen LogP contribution in [-0.2, 0) is 4.79 Å². The lowest BCUT2D eigenvalue weighted by molar-refractivity contribution is -0.112. The SMILES string of the molecule is CCOc1cc(C=C(C#N)C(=O)Nc2cc(C)on2)ccc1OCCCOc1cccc(C)c1. The third-order valence-electron chi connectivity index (χ3n) is 4.62. The van der Waals surface area contributed by atoms with Crippen LogP contribution < -0.4 is 19.5 Å². The lowest BCUT2D eigenvalue weighted by atomic mass is 10.1. The van der Waals surface area contributed by atoms with Crippen LogP contribution in [0.3, 0.4) is 0 Å². The van der Waals surface area contributed by atoms with Gasteiger partial charge < -0.3 is 24.1 Å². The Kier molecular flexibility index (Phi) is 8.69. The number of nitrogens with zero attached hydrogens (tertiary/aromatic N) is 2. The van der Waals surface area contributed by atoms with Crippen LogP contribution in [0.15, 0.2) is 58.6 Å². The number of amides is 1. The maximum atomic E-state index is 12.4. The molecule has 8 heteroatoms. The molecule has 0 atom stereocenters. The fourth-order valence-electron chi connectivity index (χ4n) is 3.06. The number of ether oxygens (including phenoxy) is 3. The van der Waals surface area contributed by atoms with Gasteiger partial charge in [-0.3, -0.25) is 4.79 Å². The fourth-order valence-corrected chi connectivity index (χ4v) is 3.06. The van der Waals surface area contributed by atoms with Gasteiger partial charge in [-0.2, -0.15) is 5.26 Å². The number of nitriles is 1. The molecule has 0 spiro atoms. The molecule has 1 amide bonds. The average molecular weight is 462 g/mol. The van der Waals surface area contributed by atoms with Crippen molar-refractivity contribution in [3.05, 3.63) is 71.0 Å². The number of carbonyl (C=O) groups excluding carboxylic acids is 1. The molecule has 3 aromatic rings. The molecule has 0 aliphatic carbocycles. The first-order valence-electron chi connectivity index (χ1n) is 10.9. The lowest BCUT2D eigenvalue weighted by Crippen LogP contribution is -2.13. The zero-order valence-electron chi connectivity index (χ0n) is 19.5. The summed E-state index contributed by atoms with van der Waals surface area (Å²) >= 11 is 0. The molecule has 3 rings (SSSR count). The van der Waals surface area contributed by atoms with E-state index in [1.807, 2.05) is 44.2 Å². The Bertz CT molecular complexity index is 1190. The predicted octanol–water partition coefficient (Wildman–Crippen LogP) is 5.08. The van der Waals surface area contributed by atoms with Crippen molar-refractivity contribution < 1.29 is 23.5 Å². The van der Waals surface area contributed by atoms with Gasteiger partial charge in [0.1, 0.15) is 23.2 Å². The first kappa shape index (κ1) is 24.4. The van der Waals surface area contributed by atoms with E-state index in [4.69, 9.17) is 18.7 Å². The van der Waals surface area contributed by atoms with E-state index in [-0.39, 0.29) is 11.4 Å². The van der Waals surface area contributed by atoms with Gasteiger partial charge in [-0.15, -0.1) is 0 Å². The molecule has 2 aromatic carbocycles. The Morgan fingerprint density at radius 2 is 1.91 bits per heavy atom. The van der Waals surface area contributed by atoms with Crippen molar-refractivity contribution in [1.29, 1.82) is 5.26 Å². The normalized spacial score (nSPS) is 10.9. The highest BCUT2D eigenvalue weighted by Crippen LogP contribution is 2.29. The second-order valence-electron chi connectivity index (χ2n) is 7.45. The molecule has 0 aliphatic rings. The molecule has 0 radical (unpaired) electrons. The summed E-state index contributed by atoms with van der Waals surface area (Å²) in [6, 6.07) is 16.6. The number of anilines is 1. The zero-order valence-corrected chi connectivity index (χ0v) is 19.5. The van der Waals surface area contributed by atoms with Crippen LogP contribution in [0.1, 0.15) is 30.2 Å². The first-order chi connectivity index (χ1) is 16.5. The summed E-state index contributed by atoms with van der Waals surface area (Å²) in [6.07, 6.45) is 2.17. The summed E-state index contributed by atoms with van der Waals surface area (Å²) in [5, 5.41) is 15.7. The minimum Gasteiger partial charge on any atom is -0.493 e. The van der Waals surface area contributed by atoms with Crippen molar-refractivity contribution in [2.24, 2.45) is 0 Å². The van der Waals surface area contributed by atoms with E-state index in [9.17, 15) is 10.1 Å². The van der Waals surface area contributed by atoms with E-state index in [0.29, 0.717) is 49.1 Å². The van der Waals surface area contributed by atoms with E-state index >= 15 is 0 Å². The number of aromatic nitrogens is 1. The lowest BCUT2D eigenvalue weighted by Gasteiger charge is -2.13. The van der Waals surface area contributed by atoms with Crippen LogP contribution in [0, 0.1) is 25.2 Å². The molecule has 0 unspecified atom stereocenters. The van der Waals surface area contributed by atoms with Gasteiger partial charge in [0, 0.05) is 12.5 Å². The van der Waals surface area contributed by atoms with Gasteiger partial charge in [0.05, 0.1) is 19.8 Å². The van der Waals surface area contributed by atoms with Crippen LogP contribution in [0.5, 0.6) is 17.2 Å². The summed E-state index contributed by atoms with van der Waals surface area (Å²) in [5.74, 6) is 2.16. The van der Waals surface area contributed by atoms with Crippen molar-refractivity contribution >= 4 is 17.8 Å². The van der Waals surface area contributed by atoms with Crippen LogP contribution >= 0.6 is 0 Å². The minimum absolute atomic E-state index is 0.0786. The van der Waals surface area contributed by atoms with E-state index in [0.717, 1.165) is 11.3 Å². The predicted molar refractivity (Wildman–Crippen MR) is 128 cm³/mol. The van der Waals surface area contributed by atoms with E-state index in [1.54, 1.807) is 31.2 Å². The van der Waals surface area contributed by atoms with Crippen LogP contribution in [0.4, 0.5) is 5.82 Å². The molecule has 0 saturated heterocycles. The van der Waals surface area contributed by atoms with E-state index in [2.05, 4.69) is 10.5 Å². The minimum atomic E-state index is -0.581. The number of aryl methyl sites for hydroxylation is 2. The number of hydrogen-bond acceptors (Lipinski definition) is 7. The smallest absolute Gasteiger partial charge is 0.267 e. The third-order valence-corrected chi connectivity index (χ3v) is 4.62. The molecule has 0 bridgehead atoms. The van der Waals surface area contributed by atoms with Gasteiger partial charge in [-0.25, -0.2) is 0 Å². The second kappa shape index (κ2) is 12.1. The van der Waals surface area contributed by atoms with Crippen LogP contribution in [0.25, 0.3) is 6.08 Å². The highest BCUT2D eigenvalue weighted by atomic mass is 16.5. The van der Waals surface area contributed by atoms with Gasteiger partial charge in [0.25, 0.3) is 5.91 Å². The summed E-state index contributed by atoms with van der Waals surface area (Å²) in [4.78, 5) is 12.4. The van der Waals surface area contributed by atoms with Crippen molar-refractivity contribution in [3.8, 4) is 23.3 Å². The molecule has 1 N–H and O–H groups in total. The summed E-state index contributed by atoms with van der Waals surface area (Å²) in [7, 11) is 0. The molecule has 1 aromatic heterocycles. The Balaban J connectivity index is 1.60. The van der Waals surface area contributed by atoms with Crippen molar-refractivity contribution in [2.75, 3.05) is 25.1 Å². The van der Waals surface area contributed by atoms with Gasteiger partial charge in [-0.1, -0.05) is 23.4 Å². The number of hydrogen-bond donors (Lipinski definition) is 1. The van der Waals surface area contributed by atoms with Crippen LogP contribution in [0.2, 0.25) is 0 Å². The molecular formula is C26H27N3O5. The molecular weight excluding hydrogens is 434 g/mol. The molecule has 0 saturated carbocycles. The van der Waals surface area contributed by atoms with Gasteiger partial charge in [0.2, 0.25) is 0 Å². The summed E-state index contributed by atoms with van der Waals surface area (Å²) in [6.45, 7) is 7.02. The van der Waals surface area contributed by atoms with Gasteiger partial charge in [-0.05, 0) is 62.2 Å². The van der Waals surface area contributed by atoms with Gasteiger partial charge in [0.15, 0.2) is 17.3 Å². The standard InChI is InChI=1S/C26H27N3O5/c1-4-31-24-16-20(15-21(17-27)26(30)28-25-14-19(3)34-29-25)9-10-23(24)33-12-6-11-32-22-8-5-7-18(2)13-22/h5,7-10,13-16H,4,6,11-12H2,1-3H3,(H,28,29,30). The fraction of sp³-hybridized carbons (Fsp3) is 0.269. The van der Waals surface area contributed by atoms with Gasteiger partial charge >= 0.3 is 0 Å². The zero-order chi connectivity index (χ0) is 24.3. The number of nitrogens with one attached hydrogen (secondary N) is 1. The topological polar surface area (TPSA) is 107 Å². The Labute approximate surface area is 198 Å². The Hall–Kier alpha value is -4.25. The third kappa shape index (κ3) is 7.14. The largest absolute Gasteiger partial charge is 0.493 e. The highest BCUT2D eigenvalue weighted by molar-refractivity contribution is 6.09. The summed E-state index contributed by atoms with van der Waals surface area (Å²) in [5.41, 5.74) is 1.70. The number of benzene rings is 2. The molecule has 0 fully saturated rings. The molecule has 0 aliphatic heterocycles. The first-order valence-corrected chi connectivity index (χ1v) is 10.9. The Morgan fingerprint density at radius 1 is 1.09 bits per heavy atom.